The molecule has 3 aromatic rings. The van der Waals surface area contributed by atoms with Gasteiger partial charge in [0.05, 0.1) is 26.4 Å². The number of nitrogens with zero attached hydrogens (tertiary/aromatic N) is 2. The molecule has 0 bridgehead atoms. The third kappa shape index (κ3) is 3.37. The number of anilines is 2. The molecular weight excluding hydrogens is 406 g/mol. The van der Waals surface area contributed by atoms with Gasteiger partial charge in [0.1, 0.15) is 12.0 Å². The second-order valence-corrected chi connectivity index (χ2v) is 6.99. The van der Waals surface area contributed by atoms with Crippen LogP contribution in [0.5, 0.6) is 17.2 Å². The van der Waals surface area contributed by atoms with Gasteiger partial charge in [0.2, 0.25) is 5.75 Å². The van der Waals surface area contributed by atoms with Crippen LogP contribution in [0, 0.1) is 0 Å². The second-order valence-electron chi connectivity index (χ2n) is 6.56. The molecule has 2 aromatic carbocycles. The van der Waals surface area contributed by atoms with Gasteiger partial charge in [0.15, 0.2) is 11.5 Å². The third-order valence-corrected chi connectivity index (χ3v) is 5.11. The fraction of sp³-hybridized carbons (Fsp3) is 0.182. The maximum absolute atomic E-state index is 13.2. The van der Waals surface area contributed by atoms with Crippen LogP contribution in [0.4, 0.5) is 11.5 Å². The summed E-state index contributed by atoms with van der Waals surface area (Å²) < 4.78 is 16.3. The number of carbonyl (C=O) groups excluding carboxylic acids is 1. The molecular formula is C22H20ClN3O4. The Morgan fingerprint density at radius 1 is 1.00 bits per heavy atom. The maximum atomic E-state index is 13.2. The van der Waals surface area contributed by atoms with E-state index < -0.39 is 6.17 Å². The quantitative estimate of drug-likeness (QED) is 0.625. The predicted molar refractivity (Wildman–Crippen MR) is 115 cm³/mol. The molecule has 0 radical (unpaired) electrons. The summed E-state index contributed by atoms with van der Waals surface area (Å²) in [6, 6.07) is 14.5. The number of ether oxygens (including phenoxy) is 3. The minimum atomic E-state index is -0.481. The number of halogens is 1. The molecule has 1 amide bonds. The molecule has 154 valence electrons. The lowest BCUT2D eigenvalue weighted by Gasteiger charge is -2.27. The number of pyridine rings is 1. The largest absolute Gasteiger partial charge is 0.493 e. The zero-order chi connectivity index (χ0) is 21.3. The Morgan fingerprint density at radius 2 is 1.70 bits per heavy atom. The number of rotatable bonds is 6. The number of fused-ring (bicyclic) bond motifs is 1. The Balaban J connectivity index is 1.79. The van der Waals surface area contributed by atoms with Crippen LogP contribution in [0.25, 0.3) is 0 Å². The van der Waals surface area contributed by atoms with Crippen molar-refractivity contribution in [2.45, 2.75) is 6.17 Å². The first-order chi connectivity index (χ1) is 14.6. The lowest BCUT2D eigenvalue weighted by Crippen LogP contribution is -2.32. The highest BCUT2D eigenvalue weighted by Crippen LogP contribution is 2.43. The van der Waals surface area contributed by atoms with E-state index in [-0.39, 0.29) is 5.91 Å². The van der Waals surface area contributed by atoms with Gasteiger partial charge < -0.3 is 19.5 Å². The van der Waals surface area contributed by atoms with Gasteiger partial charge in [0.25, 0.3) is 5.91 Å². The summed E-state index contributed by atoms with van der Waals surface area (Å²) in [6.45, 7) is 0. The smallest absolute Gasteiger partial charge is 0.261 e. The average Bonchev–Trinajstić information content (AvgIpc) is 3.05. The third-order valence-electron chi connectivity index (χ3n) is 4.89. The molecule has 7 nitrogen and oxygen atoms in total. The molecule has 1 aromatic heterocycles. The zero-order valence-electron chi connectivity index (χ0n) is 16.7. The van der Waals surface area contributed by atoms with Crippen LogP contribution >= 0.6 is 11.6 Å². The lowest BCUT2D eigenvalue weighted by atomic mass is 10.1. The van der Waals surface area contributed by atoms with Crippen LogP contribution in [-0.2, 0) is 0 Å². The van der Waals surface area contributed by atoms with E-state index in [4.69, 9.17) is 25.8 Å². The first-order valence-corrected chi connectivity index (χ1v) is 9.55. The van der Waals surface area contributed by atoms with Crippen LogP contribution < -0.4 is 24.4 Å². The van der Waals surface area contributed by atoms with Gasteiger partial charge in [-0.1, -0.05) is 29.8 Å². The number of carbonyl (C=O) groups is 1. The molecule has 1 N–H and O–H groups in total. The Kier molecular flexibility index (Phi) is 5.37. The van der Waals surface area contributed by atoms with Crippen molar-refractivity contribution in [3.05, 3.63) is 70.9 Å². The molecule has 8 heteroatoms. The van der Waals surface area contributed by atoms with Crippen molar-refractivity contribution in [3.8, 4) is 17.2 Å². The maximum Gasteiger partial charge on any atom is 0.261 e. The first-order valence-electron chi connectivity index (χ1n) is 9.18. The number of hydrogen-bond acceptors (Lipinski definition) is 6. The number of aromatic nitrogens is 1. The van der Waals surface area contributed by atoms with Crippen molar-refractivity contribution in [1.29, 1.82) is 0 Å². The fourth-order valence-corrected chi connectivity index (χ4v) is 3.64. The van der Waals surface area contributed by atoms with E-state index in [1.165, 1.54) is 6.20 Å². The van der Waals surface area contributed by atoms with E-state index in [0.29, 0.717) is 39.3 Å². The average molecular weight is 426 g/mol. The summed E-state index contributed by atoms with van der Waals surface area (Å²) in [5, 5.41) is 3.91. The van der Waals surface area contributed by atoms with Crippen LogP contribution in [0.1, 0.15) is 22.1 Å². The standard InChI is InChI=1S/C22H20ClN3O4/c1-28-17-10-14(11-18(29-2)20(17)30-3)25-21-15-6-4-5-7-16(15)22(27)26(21)19-9-8-13(23)12-24-19/h4-12,21,25H,1-3H3. The van der Waals surface area contributed by atoms with Gasteiger partial charge in [-0.15, -0.1) is 0 Å². The van der Waals surface area contributed by atoms with E-state index in [0.717, 1.165) is 5.56 Å². The van der Waals surface area contributed by atoms with Crippen molar-refractivity contribution in [2.24, 2.45) is 0 Å². The monoisotopic (exact) mass is 425 g/mol. The van der Waals surface area contributed by atoms with E-state index in [1.54, 1.807) is 56.6 Å². The van der Waals surface area contributed by atoms with Gasteiger partial charge in [-0.05, 0) is 18.2 Å². The van der Waals surface area contributed by atoms with Gasteiger partial charge in [-0.25, -0.2) is 4.98 Å². The summed E-state index contributed by atoms with van der Waals surface area (Å²) in [6.07, 6.45) is 1.04. The van der Waals surface area contributed by atoms with Crippen molar-refractivity contribution in [3.63, 3.8) is 0 Å². The molecule has 0 aliphatic carbocycles. The van der Waals surface area contributed by atoms with E-state index in [2.05, 4.69) is 10.3 Å². The van der Waals surface area contributed by atoms with Crippen LogP contribution in [0.15, 0.2) is 54.7 Å². The number of methoxy groups -OCH3 is 3. The molecule has 4 rings (SSSR count). The Hall–Kier alpha value is -3.45. The van der Waals surface area contributed by atoms with Crippen molar-refractivity contribution >= 4 is 29.0 Å². The highest BCUT2D eigenvalue weighted by atomic mass is 35.5. The minimum Gasteiger partial charge on any atom is -0.493 e. The van der Waals surface area contributed by atoms with Crippen molar-refractivity contribution in [1.82, 2.24) is 4.98 Å². The molecule has 0 spiro atoms. The van der Waals surface area contributed by atoms with E-state index in [1.807, 2.05) is 18.2 Å². The van der Waals surface area contributed by atoms with Gasteiger partial charge in [-0.3, -0.25) is 9.69 Å². The SMILES string of the molecule is COc1cc(NC2c3ccccc3C(=O)N2c2ccc(Cl)cn2)cc(OC)c1OC. The normalized spacial score (nSPS) is 15.0. The number of amides is 1. The number of benzene rings is 2. The summed E-state index contributed by atoms with van der Waals surface area (Å²) in [5.74, 6) is 1.85. The highest BCUT2D eigenvalue weighted by Gasteiger charge is 2.38. The Bertz CT molecular complexity index is 1060. The molecule has 1 aliphatic rings. The van der Waals surface area contributed by atoms with Crippen LogP contribution in [0.2, 0.25) is 5.02 Å². The van der Waals surface area contributed by atoms with E-state index in [9.17, 15) is 4.79 Å². The van der Waals surface area contributed by atoms with Gasteiger partial charge in [-0.2, -0.15) is 0 Å². The first kappa shape index (κ1) is 19.8. The molecule has 1 aliphatic heterocycles. The molecule has 1 atom stereocenters. The second kappa shape index (κ2) is 8.12. The van der Waals surface area contributed by atoms with Crippen molar-refractivity contribution < 1.29 is 19.0 Å². The zero-order valence-corrected chi connectivity index (χ0v) is 17.4. The van der Waals surface area contributed by atoms with Crippen LogP contribution in [0.3, 0.4) is 0 Å². The van der Waals surface area contributed by atoms with Gasteiger partial charge >= 0.3 is 0 Å². The molecule has 0 saturated heterocycles. The molecule has 0 fully saturated rings. The molecule has 0 saturated carbocycles. The highest BCUT2D eigenvalue weighted by molar-refractivity contribution is 6.30. The Morgan fingerprint density at radius 3 is 2.30 bits per heavy atom. The lowest BCUT2D eigenvalue weighted by molar-refractivity contribution is 0.0992. The topological polar surface area (TPSA) is 72.9 Å². The predicted octanol–water partition coefficient (Wildman–Crippen LogP) is 4.53. The summed E-state index contributed by atoms with van der Waals surface area (Å²) in [5.41, 5.74) is 2.14. The van der Waals surface area contributed by atoms with E-state index >= 15 is 0 Å². The minimum absolute atomic E-state index is 0.148. The number of nitrogens with one attached hydrogen (secondary N) is 1. The summed E-state index contributed by atoms with van der Waals surface area (Å²) in [4.78, 5) is 19.1. The summed E-state index contributed by atoms with van der Waals surface area (Å²) in [7, 11) is 4.66. The van der Waals surface area contributed by atoms with Crippen molar-refractivity contribution in [2.75, 3.05) is 31.5 Å². The molecule has 30 heavy (non-hydrogen) atoms. The fourth-order valence-electron chi connectivity index (χ4n) is 3.53. The summed E-state index contributed by atoms with van der Waals surface area (Å²) >= 11 is 5.98. The Labute approximate surface area is 179 Å². The van der Waals surface area contributed by atoms with Crippen LogP contribution in [-0.4, -0.2) is 32.2 Å². The molecule has 2 heterocycles. The van der Waals surface area contributed by atoms with Gasteiger partial charge in [0, 0.05) is 35.1 Å². The molecule has 1 unspecified atom stereocenters. The number of hydrogen-bond donors (Lipinski definition) is 1.